The van der Waals surface area contributed by atoms with Gasteiger partial charge in [0.05, 0.1) is 13.2 Å². The van der Waals surface area contributed by atoms with Crippen LogP contribution in [-0.2, 0) is 9.47 Å². The van der Waals surface area contributed by atoms with E-state index >= 15 is 0 Å². The molecule has 0 saturated heterocycles. The molecule has 0 aliphatic heterocycles. The van der Waals surface area contributed by atoms with Gasteiger partial charge in [-0.05, 0) is 23.7 Å². The molecule has 0 fully saturated rings. The van der Waals surface area contributed by atoms with E-state index in [9.17, 15) is 0 Å². The Morgan fingerprint density at radius 3 is 1.31 bits per heavy atom. The van der Waals surface area contributed by atoms with E-state index in [0.29, 0.717) is 23.7 Å². The Morgan fingerprint density at radius 1 is 0.750 bits per heavy atom. The minimum atomic E-state index is -0.331. The van der Waals surface area contributed by atoms with Crippen LogP contribution in [0.5, 0.6) is 0 Å². The Kier molecular flexibility index (Phi) is 8.04. The smallest absolute Gasteiger partial charge is 0.157 e. The van der Waals surface area contributed by atoms with E-state index in [-0.39, 0.29) is 6.29 Å². The zero-order chi connectivity index (χ0) is 12.7. The summed E-state index contributed by atoms with van der Waals surface area (Å²) in [5, 5.41) is 0. The summed E-state index contributed by atoms with van der Waals surface area (Å²) < 4.78 is 11.1. The first-order valence-corrected chi connectivity index (χ1v) is 6.40. The van der Waals surface area contributed by atoms with Crippen LogP contribution in [0.3, 0.4) is 0 Å². The lowest BCUT2D eigenvalue weighted by Crippen LogP contribution is -2.23. The molecule has 0 amide bonds. The first-order chi connectivity index (χ1) is 7.34. The molecule has 2 nitrogen and oxygen atoms in total. The summed E-state index contributed by atoms with van der Waals surface area (Å²) in [6.45, 7) is 18.5. The molecule has 0 spiro atoms. The van der Waals surface area contributed by atoms with E-state index in [2.05, 4.69) is 48.5 Å². The first kappa shape index (κ1) is 15.9. The molecule has 0 aromatic carbocycles. The van der Waals surface area contributed by atoms with Crippen molar-refractivity contribution in [3.05, 3.63) is 6.92 Å². The second kappa shape index (κ2) is 8.08. The number of hydrogen-bond acceptors (Lipinski definition) is 2. The van der Waals surface area contributed by atoms with Gasteiger partial charge in [0, 0.05) is 6.92 Å². The van der Waals surface area contributed by atoms with Crippen LogP contribution in [0.4, 0.5) is 0 Å². The van der Waals surface area contributed by atoms with Gasteiger partial charge >= 0.3 is 0 Å². The van der Waals surface area contributed by atoms with Gasteiger partial charge in [0.2, 0.25) is 0 Å². The highest BCUT2D eigenvalue weighted by atomic mass is 16.7. The Labute approximate surface area is 102 Å². The highest BCUT2D eigenvalue weighted by molar-refractivity contribution is 4.59. The van der Waals surface area contributed by atoms with Crippen LogP contribution < -0.4 is 0 Å². The van der Waals surface area contributed by atoms with Crippen molar-refractivity contribution in [3.63, 3.8) is 0 Å². The van der Waals surface area contributed by atoms with Crippen LogP contribution in [0, 0.1) is 30.6 Å². The highest BCUT2D eigenvalue weighted by Gasteiger charge is 2.12. The highest BCUT2D eigenvalue weighted by Crippen LogP contribution is 2.13. The third kappa shape index (κ3) is 7.24. The average molecular weight is 229 g/mol. The molecule has 0 aromatic heterocycles. The minimum Gasteiger partial charge on any atom is -0.352 e. The fraction of sp³-hybridized carbons (Fsp3) is 0.929. The van der Waals surface area contributed by atoms with Crippen molar-refractivity contribution < 1.29 is 9.47 Å². The molecule has 2 heteroatoms. The third-order valence-corrected chi connectivity index (χ3v) is 3.37. The van der Waals surface area contributed by atoms with Crippen molar-refractivity contribution in [1.82, 2.24) is 0 Å². The first-order valence-electron chi connectivity index (χ1n) is 6.40. The van der Waals surface area contributed by atoms with Crippen LogP contribution in [0.1, 0.15) is 41.5 Å². The molecule has 16 heavy (non-hydrogen) atoms. The summed E-state index contributed by atoms with van der Waals surface area (Å²) in [4.78, 5) is 0. The van der Waals surface area contributed by atoms with Crippen LogP contribution in [0.25, 0.3) is 0 Å². The van der Waals surface area contributed by atoms with E-state index in [1.54, 1.807) is 0 Å². The molecule has 1 radical (unpaired) electrons. The molecule has 97 valence electrons. The number of rotatable bonds is 8. The Bertz CT molecular complexity index is 148. The van der Waals surface area contributed by atoms with Crippen LogP contribution in [0.15, 0.2) is 0 Å². The van der Waals surface area contributed by atoms with Gasteiger partial charge in [-0.25, -0.2) is 0 Å². The van der Waals surface area contributed by atoms with Gasteiger partial charge in [-0.1, -0.05) is 41.5 Å². The monoisotopic (exact) mass is 229 g/mol. The maximum atomic E-state index is 5.56. The largest absolute Gasteiger partial charge is 0.352 e. The summed E-state index contributed by atoms with van der Waals surface area (Å²) >= 11 is 0. The second-order valence-corrected chi connectivity index (χ2v) is 5.54. The van der Waals surface area contributed by atoms with Crippen molar-refractivity contribution in [2.45, 2.75) is 47.8 Å². The molecule has 0 N–H and O–H groups in total. The molecule has 2 atom stereocenters. The Balaban J connectivity index is 3.63. The summed E-state index contributed by atoms with van der Waals surface area (Å²) in [5.41, 5.74) is 0. The van der Waals surface area contributed by atoms with Gasteiger partial charge in [0.1, 0.15) is 0 Å². The van der Waals surface area contributed by atoms with Gasteiger partial charge in [-0.15, -0.1) is 0 Å². The average Bonchev–Trinajstić information content (AvgIpc) is 2.21. The summed E-state index contributed by atoms with van der Waals surface area (Å²) in [6.07, 6.45) is -0.331. The van der Waals surface area contributed by atoms with E-state index < -0.39 is 0 Å². The lowest BCUT2D eigenvalue weighted by Gasteiger charge is -2.22. The second-order valence-electron chi connectivity index (χ2n) is 5.54. The standard InChI is InChI=1S/C14H29O2/c1-10(2)12(5)8-15-14(7)16-9-13(6)11(3)4/h10-14H,7-9H2,1-6H3. The fourth-order valence-corrected chi connectivity index (χ4v) is 0.951. The minimum absolute atomic E-state index is 0.331. The maximum absolute atomic E-state index is 5.56. The van der Waals surface area contributed by atoms with E-state index in [0.717, 1.165) is 13.2 Å². The summed E-state index contributed by atoms with van der Waals surface area (Å²) in [5.74, 6) is 2.38. The van der Waals surface area contributed by atoms with Gasteiger partial charge in [-0.3, -0.25) is 0 Å². The SMILES string of the molecule is [CH2]C(OCC(C)C(C)C)OCC(C)C(C)C. The lowest BCUT2D eigenvalue weighted by molar-refractivity contribution is -0.132. The molecule has 0 aromatic rings. The zero-order valence-corrected chi connectivity index (χ0v) is 11.8. The van der Waals surface area contributed by atoms with Crippen molar-refractivity contribution in [1.29, 1.82) is 0 Å². The van der Waals surface area contributed by atoms with Gasteiger partial charge in [-0.2, -0.15) is 0 Å². The summed E-state index contributed by atoms with van der Waals surface area (Å²) in [7, 11) is 0. The number of hydrogen-bond donors (Lipinski definition) is 0. The van der Waals surface area contributed by atoms with Crippen molar-refractivity contribution in [3.8, 4) is 0 Å². The van der Waals surface area contributed by atoms with Crippen LogP contribution >= 0.6 is 0 Å². The van der Waals surface area contributed by atoms with E-state index in [1.807, 2.05) is 0 Å². The van der Waals surface area contributed by atoms with Gasteiger partial charge in [0.25, 0.3) is 0 Å². The van der Waals surface area contributed by atoms with Crippen LogP contribution in [0.2, 0.25) is 0 Å². The lowest BCUT2D eigenvalue weighted by atomic mass is 9.99. The predicted molar refractivity (Wildman–Crippen MR) is 69.1 cm³/mol. The van der Waals surface area contributed by atoms with Gasteiger partial charge < -0.3 is 9.47 Å². The van der Waals surface area contributed by atoms with E-state index in [1.165, 1.54) is 0 Å². The topological polar surface area (TPSA) is 18.5 Å². The molecule has 0 heterocycles. The van der Waals surface area contributed by atoms with E-state index in [4.69, 9.17) is 9.47 Å². The molecule has 0 aliphatic carbocycles. The molecule has 0 aliphatic rings. The molecular weight excluding hydrogens is 200 g/mol. The number of ether oxygens (including phenoxy) is 2. The Morgan fingerprint density at radius 2 is 1.06 bits per heavy atom. The normalized spacial score (nSPS) is 17.8. The molecule has 2 unspecified atom stereocenters. The van der Waals surface area contributed by atoms with Crippen molar-refractivity contribution in [2.75, 3.05) is 13.2 Å². The third-order valence-electron chi connectivity index (χ3n) is 3.37. The van der Waals surface area contributed by atoms with Crippen molar-refractivity contribution in [2.24, 2.45) is 23.7 Å². The molecule has 0 saturated carbocycles. The fourth-order valence-electron chi connectivity index (χ4n) is 0.951. The predicted octanol–water partition coefficient (Wildman–Crippen LogP) is 3.76. The Hall–Kier alpha value is -0.0800. The molecule has 0 rings (SSSR count). The maximum Gasteiger partial charge on any atom is 0.157 e. The quantitative estimate of drug-likeness (QED) is 0.590. The summed E-state index contributed by atoms with van der Waals surface area (Å²) in [6, 6.07) is 0. The van der Waals surface area contributed by atoms with Crippen LogP contribution in [-0.4, -0.2) is 19.5 Å². The van der Waals surface area contributed by atoms with Gasteiger partial charge in [0.15, 0.2) is 6.29 Å². The zero-order valence-electron chi connectivity index (χ0n) is 11.8. The molecular formula is C14H29O2. The molecule has 0 bridgehead atoms. The van der Waals surface area contributed by atoms with Crippen molar-refractivity contribution >= 4 is 0 Å².